The Morgan fingerprint density at radius 2 is 1.95 bits per heavy atom. The molecule has 0 fully saturated rings. The summed E-state index contributed by atoms with van der Waals surface area (Å²) in [5.74, 6) is 0.791. The van der Waals surface area contributed by atoms with Crippen molar-refractivity contribution in [2.24, 2.45) is 0 Å². The fourth-order valence-corrected chi connectivity index (χ4v) is 4.84. The number of carbonyl (C=O) groups excluding carboxylic acids is 1. The summed E-state index contributed by atoms with van der Waals surface area (Å²) in [6, 6.07) is 20.0. The third kappa shape index (κ3) is 5.26. The summed E-state index contributed by atoms with van der Waals surface area (Å²) < 4.78 is 12.2. The quantitative estimate of drug-likeness (QED) is 0.313. The third-order valence-corrected chi connectivity index (χ3v) is 7.09. The molecule has 5 rings (SSSR count). The van der Waals surface area contributed by atoms with Gasteiger partial charge in [-0.05, 0) is 67.3 Å². The fraction of sp³-hybridized carbons (Fsp3) is 0.267. The van der Waals surface area contributed by atoms with Gasteiger partial charge >= 0.3 is 0 Å². The molecule has 1 aliphatic rings. The van der Waals surface area contributed by atoms with Gasteiger partial charge in [-0.25, -0.2) is 0 Å². The summed E-state index contributed by atoms with van der Waals surface area (Å²) in [7, 11) is 2.13. The molecule has 0 radical (unpaired) electrons. The van der Waals surface area contributed by atoms with E-state index in [1.165, 1.54) is 11.1 Å². The molecule has 0 aliphatic carbocycles. The first-order valence-electron chi connectivity index (χ1n) is 12.5. The summed E-state index contributed by atoms with van der Waals surface area (Å²) >= 11 is 6.58. The van der Waals surface area contributed by atoms with E-state index in [1.807, 2.05) is 62.4 Å². The largest absolute Gasteiger partial charge is 0.488 e. The normalized spacial score (nSPS) is 13.3. The minimum atomic E-state index is -0.282. The zero-order chi connectivity index (χ0) is 25.9. The van der Waals surface area contributed by atoms with Gasteiger partial charge in [0.05, 0.1) is 11.1 Å². The Morgan fingerprint density at radius 1 is 1.14 bits per heavy atom. The molecule has 3 aromatic carbocycles. The van der Waals surface area contributed by atoms with Gasteiger partial charge in [-0.3, -0.25) is 4.79 Å². The monoisotopic (exact) mass is 515 g/mol. The van der Waals surface area contributed by atoms with Gasteiger partial charge in [0.15, 0.2) is 11.5 Å². The maximum absolute atomic E-state index is 13.0. The summed E-state index contributed by atoms with van der Waals surface area (Å²) in [5, 5.41) is 7.67. The van der Waals surface area contributed by atoms with Crippen molar-refractivity contribution in [2.45, 2.75) is 33.4 Å². The molecular formula is C30H30ClN3O3. The van der Waals surface area contributed by atoms with Crippen LogP contribution >= 0.6 is 11.6 Å². The van der Waals surface area contributed by atoms with Crippen LogP contribution in [-0.2, 0) is 19.6 Å². The van der Waals surface area contributed by atoms with Crippen LogP contribution in [0.1, 0.15) is 39.7 Å². The topological polar surface area (TPSA) is 67.6 Å². The summed E-state index contributed by atoms with van der Waals surface area (Å²) in [4.78, 5) is 15.3. The van der Waals surface area contributed by atoms with E-state index in [-0.39, 0.29) is 11.6 Å². The standard InChI is InChI=1S/C30H30ClN3O3/c1-4-32-30(35)28-27(22-10-11-23-17-34(3)13-12-21(23)15-22)29(37-33-28)24-16-25(31)19(2)14-26(24)36-18-20-8-6-5-7-9-20/h5-11,14-16H,4,12-13,17-18H2,1-3H3,(H,32,35). The van der Waals surface area contributed by atoms with Crippen molar-refractivity contribution in [2.75, 3.05) is 20.1 Å². The van der Waals surface area contributed by atoms with E-state index < -0.39 is 0 Å². The molecule has 37 heavy (non-hydrogen) atoms. The number of ether oxygens (including phenoxy) is 1. The molecule has 0 bridgehead atoms. The lowest BCUT2D eigenvalue weighted by Gasteiger charge is -2.25. The first-order chi connectivity index (χ1) is 17.9. The van der Waals surface area contributed by atoms with Crippen molar-refractivity contribution in [1.82, 2.24) is 15.4 Å². The third-order valence-electron chi connectivity index (χ3n) is 6.69. The number of amides is 1. The zero-order valence-corrected chi connectivity index (χ0v) is 22.1. The number of fused-ring (bicyclic) bond motifs is 1. The average Bonchev–Trinajstić information content (AvgIpc) is 3.35. The van der Waals surface area contributed by atoms with Gasteiger partial charge < -0.3 is 19.5 Å². The van der Waals surface area contributed by atoms with Crippen LogP contribution in [0, 0.1) is 6.92 Å². The van der Waals surface area contributed by atoms with Crippen LogP contribution in [0.25, 0.3) is 22.5 Å². The highest BCUT2D eigenvalue weighted by molar-refractivity contribution is 6.31. The van der Waals surface area contributed by atoms with Crippen molar-refractivity contribution in [3.05, 3.63) is 93.6 Å². The second kappa shape index (κ2) is 10.8. The molecule has 0 saturated carbocycles. The smallest absolute Gasteiger partial charge is 0.274 e. The van der Waals surface area contributed by atoms with Crippen molar-refractivity contribution < 1.29 is 14.1 Å². The molecule has 0 saturated heterocycles. The molecule has 6 nitrogen and oxygen atoms in total. The number of nitrogens with one attached hydrogen (secondary N) is 1. The fourth-order valence-electron chi connectivity index (χ4n) is 4.68. The number of hydrogen-bond donors (Lipinski definition) is 1. The van der Waals surface area contributed by atoms with Crippen molar-refractivity contribution in [3.63, 3.8) is 0 Å². The molecule has 1 aliphatic heterocycles. The number of hydrogen-bond acceptors (Lipinski definition) is 5. The molecule has 190 valence electrons. The van der Waals surface area contributed by atoms with Crippen molar-refractivity contribution >= 4 is 17.5 Å². The summed E-state index contributed by atoms with van der Waals surface area (Å²) in [6.45, 7) is 6.57. The van der Waals surface area contributed by atoms with Crippen LogP contribution in [0.5, 0.6) is 5.75 Å². The number of halogens is 1. The van der Waals surface area contributed by atoms with E-state index in [0.717, 1.165) is 36.2 Å². The number of likely N-dealkylation sites (N-methyl/N-ethyl adjacent to an activating group) is 1. The van der Waals surface area contributed by atoms with Crippen LogP contribution in [-0.4, -0.2) is 36.1 Å². The number of benzene rings is 3. The number of aryl methyl sites for hydroxylation is 1. The minimum Gasteiger partial charge on any atom is -0.488 e. The Balaban J connectivity index is 1.63. The molecule has 2 heterocycles. The molecule has 0 unspecified atom stereocenters. The number of carbonyl (C=O) groups is 1. The molecule has 4 aromatic rings. The Labute approximate surface area is 222 Å². The predicted octanol–water partition coefficient (Wildman–Crippen LogP) is 6.29. The van der Waals surface area contributed by atoms with Gasteiger partial charge in [0.25, 0.3) is 5.91 Å². The minimum absolute atomic E-state index is 0.246. The van der Waals surface area contributed by atoms with E-state index in [1.54, 1.807) is 0 Å². The summed E-state index contributed by atoms with van der Waals surface area (Å²) in [6.07, 6.45) is 0.943. The first-order valence-corrected chi connectivity index (χ1v) is 12.9. The Kier molecular flexibility index (Phi) is 7.31. The van der Waals surface area contributed by atoms with E-state index in [4.69, 9.17) is 20.9 Å². The highest BCUT2D eigenvalue weighted by Gasteiger charge is 2.27. The van der Waals surface area contributed by atoms with Crippen LogP contribution in [0.4, 0.5) is 0 Å². The van der Waals surface area contributed by atoms with Gasteiger partial charge in [-0.1, -0.05) is 65.3 Å². The van der Waals surface area contributed by atoms with Gasteiger partial charge in [0.2, 0.25) is 0 Å². The molecular weight excluding hydrogens is 486 g/mol. The van der Waals surface area contributed by atoms with E-state index in [9.17, 15) is 4.79 Å². The highest BCUT2D eigenvalue weighted by Crippen LogP contribution is 2.42. The van der Waals surface area contributed by atoms with Crippen LogP contribution < -0.4 is 10.1 Å². The Bertz CT molecular complexity index is 1430. The lowest BCUT2D eigenvalue weighted by atomic mass is 9.92. The average molecular weight is 516 g/mol. The van der Waals surface area contributed by atoms with Crippen molar-refractivity contribution in [1.29, 1.82) is 0 Å². The highest BCUT2D eigenvalue weighted by atomic mass is 35.5. The lowest BCUT2D eigenvalue weighted by molar-refractivity contribution is 0.0947. The van der Waals surface area contributed by atoms with Crippen LogP contribution in [0.2, 0.25) is 5.02 Å². The van der Waals surface area contributed by atoms with E-state index in [2.05, 4.69) is 34.6 Å². The molecule has 1 aromatic heterocycles. The second-order valence-electron chi connectivity index (χ2n) is 9.44. The first kappa shape index (κ1) is 25.1. The van der Waals surface area contributed by atoms with E-state index in [0.29, 0.717) is 40.8 Å². The summed E-state index contributed by atoms with van der Waals surface area (Å²) in [5.41, 5.74) is 6.91. The maximum atomic E-state index is 13.0. The lowest BCUT2D eigenvalue weighted by Crippen LogP contribution is -2.26. The molecule has 0 spiro atoms. The predicted molar refractivity (Wildman–Crippen MR) is 146 cm³/mol. The molecule has 0 atom stereocenters. The number of nitrogens with zero attached hydrogens (tertiary/aromatic N) is 2. The zero-order valence-electron chi connectivity index (χ0n) is 21.3. The SMILES string of the molecule is CCNC(=O)c1noc(-c2cc(Cl)c(C)cc2OCc2ccccc2)c1-c1ccc2c(c1)CCN(C)C2. The van der Waals surface area contributed by atoms with Gasteiger partial charge in [-0.15, -0.1) is 0 Å². The molecule has 7 heteroatoms. The Morgan fingerprint density at radius 3 is 2.73 bits per heavy atom. The van der Waals surface area contributed by atoms with E-state index >= 15 is 0 Å². The maximum Gasteiger partial charge on any atom is 0.274 e. The van der Waals surface area contributed by atoms with Gasteiger partial charge in [0, 0.05) is 24.7 Å². The van der Waals surface area contributed by atoms with Gasteiger partial charge in [0.1, 0.15) is 12.4 Å². The van der Waals surface area contributed by atoms with Crippen molar-refractivity contribution in [3.8, 4) is 28.2 Å². The number of aromatic nitrogens is 1. The van der Waals surface area contributed by atoms with Crippen LogP contribution in [0.15, 0.2) is 65.2 Å². The molecule has 1 N–H and O–H groups in total. The number of rotatable bonds is 7. The molecule has 1 amide bonds. The van der Waals surface area contributed by atoms with Crippen LogP contribution in [0.3, 0.4) is 0 Å². The Hall–Kier alpha value is -3.61. The van der Waals surface area contributed by atoms with Gasteiger partial charge in [-0.2, -0.15) is 0 Å². The second-order valence-corrected chi connectivity index (χ2v) is 9.85.